The maximum Gasteiger partial charge on any atom is 0.124 e. The highest BCUT2D eigenvalue weighted by Crippen LogP contribution is 2.27. The van der Waals surface area contributed by atoms with Crippen LogP contribution in [0.1, 0.15) is 25.8 Å². The summed E-state index contributed by atoms with van der Waals surface area (Å²) in [5.41, 5.74) is 6.13. The van der Waals surface area contributed by atoms with Gasteiger partial charge in [-0.05, 0) is 45.4 Å². The fourth-order valence-electron chi connectivity index (χ4n) is 1.53. The number of hydrogen-bond donors (Lipinski definition) is 1. The van der Waals surface area contributed by atoms with Crippen LogP contribution < -0.4 is 10.5 Å². The van der Waals surface area contributed by atoms with Gasteiger partial charge in [0.05, 0.1) is 18.1 Å². The highest BCUT2D eigenvalue weighted by Gasteiger charge is 2.17. The lowest BCUT2D eigenvalue weighted by Gasteiger charge is -2.17. The van der Waals surface area contributed by atoms with Crippen LogP contribution in [0.4, 0.5) is 0 Å². The predicted octanol–water partition coefficient (Wildman–Crippen LogP) is 3.16. The second kappa shape index (κ2) is 6.63. The highest BCUT2D eigenvalue weighted by atomic mass is 35.5. The third-order valence-corrected chi connectivity index (χ3v) is 3.11. The van der Waals surface area contributed by atoms with Gasteiger partial charge in [-0.15, -0.1) is 0 Å². The van der Waals surface area contributed by atoms with Crippen LogP contribution in [0.2, 0.25) is 5.02 Å². The first-order valence-corrected chi connectivity index (χ1v) is 6.39. The average Bonchev–Trinajstić information content (AvgIpc) is 2.33. The van der Waals surface area contributed by atoms with Crippen molar-refractivity contribution in [3.63, 3.8) is 0 Å². The molecule has 1 aromatic rings. The molecule has 0 fully saturated rings. The normalized spacial score (nSPS) is 11.1. The van der Waals surface area contributed by atoms with Crippen molar-refractivity contribution in [3.8, 4) is 11.8 Å². The third-order valence-electron chi connectivity index (χ3n) is 2.76. The number of nitrogens with two attached hydrogens (primary N) is 1. The summed E-state index contributed by atoms with van der Waals surface area (Å²) in [6.45, 7) is 4.83. The first kappa shape index (κ1) is 14.8. The minimum absolute atomic E-state index is 0.368. The Balaban J connectivity index is 2.68. The summed E-state index contributed by atoms with van der Waals surface area (Å²) < 4.78 is 5.72. The number of rotatable bonds is 6. The molecule has 0 heterocycles. The molecule has 0 spiro atoms. The molecule has 1 aromatic carbocycles. The molecule has 0 bridgehead atoms. The van der Waals surface area contributed by atoms with Gasteiger partial charge in [0, 0.05) is 10.6 Å². The summed E-state index contributed by atoms with van der Waals surface area (Å²) >= 11 is 6.12. The lowest BCUT2D eigenvalue weighted by molar-refractivity contribution is 0.262. The van der Waals surface area contributed by atoms with E-state index in [9.17, 15) is 0 Å². The summed E-state index contributed by atoms with van der Waals surface area (Å²) in [5, 5.41) is 9.61. The Bertz CT molecular complexity index is 438. The Kier molecular flexibility index (Phi) is 5.46. The largest absolute Gasteiger partial charge is 0.493 e. The van der Waals surface area contributed by atoms with E-state index in [1.54, 1.807) is 0 Å². The molecule has 18 heavy (non-hydrogen) atoms. The Labute approximate surface area is 114 Å². The molecule has 0 amide bonds. The molecule has 0 saturated carbocycles. The summed E-state index contributed by atoms with van der Waals surface area (Å²) in [7, 11) is 0. The van der Waals surface area contributed by atoms with Crippen molar-refractivity contribution in [1.82, 2.24) is 0 Å². The fourth-order valence-corrected chi connectivity index (χ4v) is 1.79. The average molecular weight is 267 g/mol. The maximum absolute atomic E-state index is 8.93. The van der Waals surface area contributed by atoms with Gasteiger partial charge in [0.1, 0.15) is 5.75 Å². The van der Waals surface area contributed by atoms with E-state index in [1.807, 2.05) is 32.0 Å². The SMILES string of the molecule is CC(C)(C#N)CCOc1cccc(Cl)c1CCN. The van der Waals surface area contributed by atoms with E-state index in [-0.39, 0.29) is 5.41 Å². The molecular formula is C14H19ClN2O. The molecule has 0 aliphatic heterocycles. The van der Waals surface area contributed by atoms with Gasteiger partial charge < -0.3 is 10.5 Å². The molecular weight excluding hydrogens is 248 g/mol. The van der Waals surface area contributed by atoms with Crippen molar-refractivity contribution in [2.75, 3.05) is 13.2 Å². The zero-order chi connectivity index (χ0) is 13.6. The minimum Gasteiger partial charge on any atom is -0.493 e. The van der Waals surface area contributed by atoms with Crippen LogP contribution >= 0.6 is 11.6 Å². The predicted molar refractivity (Wildman–Crippen MR) is 73.7 cm³/mol. The molecule has 98 valence electrons. The molecule has 0 aliphatic carbocycles. The van der Waals surface area contributed by atoms with E-state index >= 15 is 0 Å². The second-order valence-corrected chi connectivity index (χ2v) is 5.26. The van der Waals surface area contributed by atoms with Crippen LogP contribution in [0.25, 0.3) is 0 Å². The van der Waals surface area contributed by atoms with Crippen molar-refractivity contribution in [3.05, 3.63) is 28.8 Å². The van der Waals surface area contributed by atoms with Gasteiger partial charge in [-0.2, -0.15) is 5.26 Å². The van der Waals surface area contributed by atoms with E-state index in [4.69, 9.17) is 27.3 Å². The zero-order valence-electron chi connectivity index (χ0n) is 10.9. The molecule has 4 heteroatoms. The topological polar surface area (TPSA) is 59.0 Å². The summed E-state index contributed by atoms with van der Waals surface area (Å²) in [5.74, 6) is 0.765. The molecule has 3 nitrogen and oxygen atoms in total. The standard InChI is InChI=1S/C14H19ClN2O/c1-14(2,10-17)7-9-18-13-5-3-4-12(15)11(13)6-8-16/h3-5H,6-9,16H2,1-2H3. The summed E-state index contributed by atoms with van der Waals surface area (Å²) in [6.07, 6.45) is 1.37. The number of benzene rings is 1. The highest BCUT2D eigenvalue weighted by molar-refractivity contribution is 6.31. The van der Waals surface area contributed by atoms with Crippen LogP contribution in [0.3, 0.4) is 0 Å². The van der Waals surface area contributed by atoms with Gasteiger partial charge in [-0.3, -0.25) is 0 Å². The molecule has 0 radical (unpaired) electrons. The molecule has 1 rings (SSSR count). The van der Waals surface area contributed by atoms with E-state index in [0.717, 1.165) is 11.3 Å². The number of ether oxygens (including phenoxy) is 1. The molecule has 0 aliphatic rings. The molecule has 0 unspecified atom stereocenters. The van der Waals surface area contributed by atoms with Crippen LogP contribution in [-0.4, -0.2) is 13.2 Å². The maximum atomic E-state index is 8.93. The van der Waals surface area contributed by atoms with Crippen molar-refractivity contribution in [2.45, 2.75) is 26.7 Å². The lowest BCUT2D eigenvalue weighted by atomic mass is 9.92. The molecule has 0 aromatic heterocycles. The fraction of sp³-hybridized carbons (Fsp3) is 0.500. The van der Waals surface area contributed by atoms with E-state index < -0.39 is 0 Å². The van der Waals surface area contributed by atoms with Gasteiger partial charge in [-0.25, -0.2) is 0 Å². The first-order chi connectivity index (χ1) is 8.50. The molecule has 0 saturated heterocycles. The molecule has 0 atom stereocenters. The van der Waals surface area contributed by atoms with Gasteiger partial charge in [0.25, 0.3) is 0 Å². The Morgan fingerprint density at radius 1 is 1.44 bits per heavy atom. The van der Waals surface area contributed by atoms with Crippen LogP contribution in [-0.2, 0) is 6.42 Å². The number of halogens is 1. The summed E-state index contributed by atoms with van der Waals surface area (Å²) in [4.78, 5) is 0. The number of hydrogen-bond acceptors (Lipinski definition) is 3. The summed E-state index contributed by atoms with van der Waals surface area (Å²) in [6, 6.07) is 7.82. The van der Waals surface area contributed by atoms with Crippen LogP contribution in [0, 0.1) is 16.7 Å². The third kappa shape index (κ3) is 4.21. The number of nitriles is 1. The van der Waals surface area contributed by atoms with E-state index in [0.29, 0.717) is 31.0 Å². The van der Waals surface area contributed by atoms with Crippen LogP contribution in [0.5, 0.6) is 5.75 Å². The van der Waals surface area contributed by atoms with Crippen molar-refractivity contribution >= 4 is 11.6 Å². The van der Waals surface area contributed by atoms with E-state index in [2.05, 4.69) is 6.07 Å². The Morgan fingerprint density at radius 3 is 2.78 bits per heavy atom. The van der Waals surface area contributed by atoms with Gasteiger partial charge in [0.15, 0.2) is 0 Å². The van der Waals surface area contributed by atoms with Gasteiger partial charge >= 0.3 is 0 Å². The van der Waals surface area contributed by atoms with Gasteiger partial charge in [-0.1, -0.05) is 17.7 Å². The smallest absolute Gasteiger partial charge is 0.124 e. The number of nitrogens with zero attached hydrogens (tertiary/aromatic N) is 1. The van der Waals surface area contributed by atoms with Crippen molar-refractivity contribution in [2.24, 2.45) is 11.1 Å². The zero-order valence-corrected chi connectivity index (χ0v) is 11.6. The Hall–Kier alpha value is -1.24. The Morgan fingerprint density at radius 2 is 2.17 bits per heavy atom. The molecule has 2 N–H and O–H groups in total. The first-order valence-electron chi connectivity index (χ1n) is 6.01. The van der Waals surface area contributed by atoms with Crippen molar-refractivity contribution < 1.29 is 4.74 Å². The van der Waals surface area contributed by atoms with Crippen molar-refractivity contribution in [1.29, 1.82) is 5.26 Å². The monoisotopic (exact) mass is 266 g/mol. The second-order valence-electron chi connectivity index (χ2n) is 4.85. The minimum atomic E-state index is -0.368. The van der Waals surface area contributed by atoms with Gasteiger partial charge in [0.2, 0.25) is 0 Å². The van der Waals surface area contributed by atoms with Crippen LogP contribution in [0.15, 0.2) is 18.2 Å². The van der Waals surface area contributed by atoms with E-state index in [1.165, 1.54) is 0 Å². The lowest BCUT2D eigenvalue weighted by Crippen LogP contribution is -2.14. The quantitative estimate of drug-likeness (QED) is 0.860.